The van der Waals surface area contributed by atoms with Crippen molar-refractivity contribution in [2.75, 3.05) is 0 Å². The summed E-state index contributed by atoms with van der Waals surface area (Å²) in [4.78, 5) is 20.2. The van der Waals surface area contributed by atoms with E-state index in [2.05, 4.69) is 61.2 Å². The second-order valence-corrected chi connectivity index (χ2v) is 1.45. The Hall–Kier alpha value is -1.70. The first-order valence-electron chi connectivity index (χ1n) is 3.38. The van der Waals surface area contributed by atoms with Gasteiger partial charge in [0.1, 0.15) is 0 Å². The molecule has 0 radical (unpaired) electrons. The lowest BCUT2D eigenvalue weighted by Gasteiger charge is -2.02. The molecule has 0 atom stereocenters. The van der Waals surface area contributed by atoms with Crippen LogP contribution < -0.4 is 61.6 Å². The summed E-state index contributed by atoms with van der Waals surface area (Å²) in [5.74, 6) is 6.51. The molecule has 0 unspecified atom stereocenters. The standard InChI is InChI=1S/CH4N2O.CH2O3.H10N8.2H2O/c2-1(3)4;2-1-4-3;1-3-5-7-8-6-4-2;;/h(H4,2,3,4);1,3H;3-8H,1-2H2;2*1H2/p+2. The lowest BCUT2D eigenvalue weighted by Crippen LogP contribution is -2.78. The van der Waals surface area contributed by atoms with Crippen LogP contribution in [0, 0.1) is 0 Å². The minimum absolute atomic E-state index is 0. The molecule has 0 aromatic heterocycles. The van der Waals surface area contributed by atoms with Gasteiger partial charge in [-0.05, 0) is 0 Å². The van der Waals surface area contributed by atoms with E-state index in [1.807, 2.05) is 0 Å². The fourth-order valence-electron chi connectivity index (χ4n) is 0.151. The van der Waals surface area contributed by atoms with Gasteiger partial charge in [0.25, 0.3) is 6.47 Å². The highest BCUT2D eigenvalue weighted by Gasteiger charge is 1.74. The van der Waals surface area contributed by atoms with E-state index >= 15 is 0 Å². The largest absolute Gasteiger partial charge is 1.00 e. The van der Waals surface area contributed by atoms with Crippen LogP contribution in [0.5, 0.6) is 0 Å². The Labute approximate surface area is 102 Å². The molecule has 0 aliphatic carbocycles. The van der Waals surface area contributed by atoms with Gasteiger partial charge in [0.15, 0.2) is 0 Å². The van der Waals surface area contributed by atoms with Crippen LogP contribution in [0.3, 0.4) is 0 Å². The maximum atomic E-state index is 9.00. The lowest BCUT2D eigenvalue weighted by atomic mass is 11.2. The van der Waals surface area contributed by atoms with Crippen molar-refractivity contribution in [3.8, 4) is 0 Å². The molecule has 0 rings (SSSR count). The Morgan fingerprint density at radius 1 is 1.11 bits per heavy atom. The minimum Gasteiger partial charge on any atom is -0.662 e. The number of nitrogens with one attached hydrogen (secondary N) is 6. The van der Waals surface area contributed by atoms with Crippen molar-refractivity contribution < 1.29 is 43.8 Å². The number of quaternary nitrogens is 2. The molecule has 0 spiro atoms. The molecule has 0 saturated carbocycles. The third kappa shape index (κ3) is 137. The van der Waals surface area contributed by atoms with Crippen molar-refractivity contribution in [1.29, 1.82) is 0 Å². The molecule has 18 heavy (non-hydrogen) atoms. The summed E-state index contributed by atoms with van der Waals surface area (Å²) in [5, 5.41) is 8.43. The van der Waals surface area contributed by atoms with Gasteiger partial charge in [0.2, 0.25) is 0 Å². The van der Waals surface area contributed by atoms with Crippen LogP contribution >= 0.6 is 0 Å². The first kappa shape index (κ1) is 29.9. The highest BCUT2D eigenvalue weighted by atomic mass is 17.1. The van der Waals surface area contributed by atoms with Gasteiger partial charge in [0.05, 0.1) is 0 Å². The van der Waals surface area contributed by atoms with Crippen LogP contribution in [0.1, 0.15) is 1.43 Å². The quantitative estimate of drug-likeness (QED) is 0.0947. The average molecular weight is 282 g/mol. The summed E-state index contributed by atoms with van der Waals surface area (Å²) in [5.41, 5.74) is 23.0. The molecule has 0 aromatic rings. The van der Waals surface area contributed by atoms with Crippen molar-refractivity contribution in [3.63, 3.8) is 0 Å². The van der Waals surface area contributed by atoms with Crippen molar-refractivity contribution >= 4 is 12.5 Å². The molecule has 0 aliphatic heterocycles. The summed E-state index contributed by atoms with van der Waals surface area (Å²) < 4.78 is 0. The van der Waals surface area contributed by atoms with Gasteiger partial charge in [-0.2, -0.15) is 11.1 Å². The molecule has 2 amide bonds. The maximum Gasteiger partial charge on any atom is 1.00 e. The maximum absolute atomic E-state index is 9.00. The number of hydrogen-bond acceptors (Lipinski definition) is 10. The monoisotopic (exact) mass is 282 g/mol. The number of nitrogens with two attached hydrogens (primary N) is 2. The number of carbonyl (C=O) groups is 2. The predicted octanol–water partition coefficient (Wildman–Crippen LogP) is -9.67. The third-order valence-corrected chi connectivity index (χ3v) is 0.404. The van der Waals surface area contributed by atoms with Crippen molar-refractivity contribution in [2.24, 2.45) is 11.5 Å². The molecule has 0 fully saturated rings. The van der Waals surface area contributed by atoms with Gasteiger partial charge in [-0.15, -0.1) is 11.1 Å². The molecule has 0 saturated heterocycles. The molecular weight excluding hydrogens is 260 g/mol. The molecule has 16 heteroatoms. The smallest absolute Gasteiger partial charge is 0.662 e. The SMILES string of the molecule is NC(N)=O.O.O.O=CO[O-].[H+].[NH3+]NNNNNN[NH3+]. The first-order chi connectivity index (χ1) is 7.56. The zero-order valence-electron chi connectivity index (χ0n) is 10.3. The number of primary amides is 2. The zero-order valence-corrected chi connectivity index (χ0v) is 9.28. The summed E-state index contributed by atoms with van der Waals surface area (Å²) >= 11 is 0. The molecule has 0 bridgehead atoms. The predicted molar refractivity (Wildman–Crippen MR) is 53.8 cm³/mol. The van der Waals surface area contributed by atoms with Gasteiger partial charge < -0.3 is 32.6 Å². The number of amides is 2. The van der Waals surface area contributed by atoms with E-state index in [0.717, 1.165) is 0 Å². The minimum atomic E-state index is -0.833. The summed E-state index contributed by atoms with van der Waals surface area (Å²) in [6.45, 7) is -0.181. The molecule has 20 N–H and O–H groups in total. The van der Waals surface area contributed by atoms with E-state index in [0.29, 0.717) is 0 Å². The number of hydrazine groups is 5. The van der Waals surface area contributed by atoms with Crippen LogP contribution in [0.2, 0.25) is 0 Å². The van der Waals surface area contributed by atoms with Gasteiger partial charge in [-0.1, -0.05) is 11.1 Å². The molecule has 16 nitrogen and oxygen atoms in total. The highest BCUT2D eigenvalue weighted by molar-refractivity contribution is 5.69. The normalized spacial score (nSPS) is 6.83. The lowest BCUT2D eigenvalue weighted by molar-refractivity contribution is -0.652. The molecular formula is C2H22N10O6+2. The molecule has 0 aliphatic rings. The molecule has 0 aromatic carbocycles. The number of hydrogen-bond donors (Lipinski definition) is 10. The van der Waals surface area contributed by atoms with Crippen LogP contribution in [0.25, 0.3) is 0 Å². The number of urea groups is 1. The van der Waals surface area contributed by atoms with Gasteiger partial charge in [-0.3, -0.25) is 16.5 Å². The Bertz CT molecular complexity index is 142. The van der Waals surface area contributed by atoms with Crippen molar-refractivity contribution in [2.45, 2.75) is 0 Å². The number of carbonyl (C=O) groups excluding carboxylic acids is 2. The molecule has 0 heterocycles. The first-order valence-corrected chi connectivity index (χ1v) is 3.38. The second kappa shape index (κ2) is 36.2. The summed E-state index contributed by atoms with van der Waals surface area (Å²) in [7, 11) is 0. The van der Waals surface area contributed by atoms with E-state index in [9.17, 15) is 0 Å². The Balaban J connectivity index is -0.0000000337. The summed E-state index contributed by atoms with van der Waals surface area (Å²) in [6.07, 6.45) is 0. The van der Waals surface area contributed by atoms with Crippen LogP contribution in [-0.4, -0.2) is 23.5 Å². The van der Waals surface area contributed by atoms with Gasteiger partial charge in [-0.25, -0.2) is 4.79 Å². The fourth-order valence-corrected chi connectivity index (χ4v) is 0.151. The van der Waals surface area contributed by atoms with Crippen LogP contribution in [0.15, 0.2) is 0 Å². The fraction of sp³-hybridized carbons (Fsp3) is 0. The molecule has 114 valence electrons. The van der Waals surface area contributed by atoms with Crippen molar-refractivity contribution in [3.05, 3.63) is 0 Å². The van der Waals surface area contributed by atoms with E-state index in [1.54, 1.807) is 0 Å². The topological polar surface area (TPSA) is 309 Å². The Morgan fingerprint density at radius 3 is 1.44 bits per heavy atom. The summed E-state index contributed by atoms with van der Waals surface area (Å²) in [6, 6.07) is -0.833. The van der Waals surface area contributed by atoms with E-state index in [-0.39, 0.29) is 18.9 Å². The van der Waals surface area contributed by atoms with Gasteiger partial charge >= 0.3 is 7.46 Å². The van der Waals surface area contributed by atoms with Crippen molar-refractivity contribution in [1.82, 2.24) is 33.2 Å². The van der Waals surface area contributed by atoms with Crippen LogP contribution in [0.4, 0.5) is 4.79 Å². The Morgan fingerprint density at radius 2 is 1.33 bits per heavy atom. The highest BCUT2D eigenvalue weighted by Crippen LogP contribution is 1.25. The number of rotatable bonds is 6. The van der Waals surface area contributed by atoms with Crippen LogP contribution in [-0.2, 0) is 9.68 Å². The second-order valence-electron chi connectivity index (χ2n) is 1.45. The Kier molecular flexibility index (Phi) is 60.1. The zero-order chi connectivity index (χ0) is 13.2. The third-order valence-electron chi connectivity index (χ3n) is 0.404. The van der Waals surface area contributed by atoms with E-state index < -0.39 is 6.03 Å². The van der Waals surface area contributed by atoms with E-state index in [4.69, 9.17) is 14.8 Å². The van der Waals surface area contributed by atoms with Gasteiger partial charge in [0, 0.05) is 0 Å². The van der Waals surface area contributed by atoms with E-state index in [1.165, 1.54) is 0 Å². The average Bonchev–Trinajstić information content (AvgIpc) is 2.24.